The molecule has 0 amide bonds. The molecule has 0 spiro atoms. The molecule has 0 nitrogen and oxygen atoms in total. The number of rotatable bonds is 0. The maximum atomic E-state index is 2.40. The molecule has 0 aromatic rings. The van der Waals surface area contributed by atoms with Gasteiger partial charge in [-0.3, -0.25) is 0 Å². The average Bonchev–Trinajstić information content (AvgIpc) is 0.722. The summed E-state index contributed by atoms with van der Waals surface area (Å²) in [5.74, 6) is 0. The van der Waals surface area contributed by atoms with Crippen LogP contribution in [-0.2, 0) is 0 Å². The summed E-state index contributed by atoms with van der Waals surface area (Å²) in [6.45, 7) is 0. The first-order valence-corrected chi connectivity index (χ1v) is 15.7. The van der Waals surface area contributed by atoms with Crippen LogP contribution < -0.4 is 0 Å². The Morgan fingerprint density at radius 2 is 0.833 bits per heavy atom. The standard InChI is InChI=1S/4CH3.Bi.ClH/h4*1H3;;1H. The number of halogens is 1. The summed E-state index contributed by atoms with van der Waals surface area (Å²) in [6.07, 6.45) is 0. The summed E-state index contributed by atoms with van der Waals surface area (Å²) in [7, 11) is 0. The van der Waals surface area contributed by atoms with Crippen molar-refractivity contribution in [3.05, 3.63) is 0 Å². The molecular formula is C4H13BiCl. The normalized spacial score (nSPS) is 10.0. The third-order valence-electron chi connectivity index (χ3n) is 0. The van der Waals surface area contributed by atoms with Crippen molar-refractivity contribution in [2.45, 2.75) is 18.5 Å². The fourth-order valence-corrected chi connectivity index (χ4v) is 0. The number of hydrogen-bond acceptors (Lipinski definition) is 0. The van der Waals surface area contributed by atoms with E-state index in [-0.39, 0.29) is 12.4 Å². The van der Waals surface area contributed by atoms with Gasteiger partial charge in [-0.05, 0) is 0 Å². The Morgan fingerprint density at radius 3 is 0.833 bits per heavy atom. The molecule has 0 heterocycles. The van der Waals surface area contributed by atoms with E-state index in [4.69, 9.17) is 0 Å². The van der Waals surface area contributed by atoms with Crippen molar-refractivity contribution in [3.63, 3.8) is 0 Å². The predicted octanol–water partition coefficient (Wildman–Crippen LogP) is 2.38. The minimum absolute atomic E-state index is 0. The van der Waals surface area contributed by atoms with Gasteiger partial charge in [-0.1, -0.05) is 0 Å². The van der Waals surface area contributed by atoms with E-state index >= 15 is 0 Å². The van der Waals surface area contributed by atoms with Crippen LogP contribution in [-0.4, -0.2) is 20.3 Å². The second-order valence-corrected chi connectivity index (χ2v) is 23.5. The van der Waals surface area contributed by atoms with Gasteiger partial charge in [0.15, 0.2) is 0 Å². The van der Waals surface area contributed by atoms with E-state index in [1.807, 2.05) is 0 Å². The molecule has 0 aliphatic rings. The third-order valence-corrected chi connectivity index (χ3v) is 0. The van der Waals surface area contributed by atoms with E-state index in [0.717, 1.165) is 0 Å². The monoisotopic (exact) mass is 305 g/mol. The van der Waals surface area contributed by atoms with Gasteiger partial charge in [0.1, 0.15) is 0 Å². The fraction of sp³-hybridized carbons (Fsp3) is 1.00. The van der Waals surface area contributed by atoms with Crippen molar-refractivity contribution in [1.82, 2.24) is 0 Å². The quantitative estimate of drug-likeness (QED) is 0.603. The topological polar surface area (TPSA) is 0 Å². The van der Waals surface area contributed by atoms with Gasteiger partial charge in [-0.15, -0.1) is 12.4 Å². The first-order chi connectivity index (χ1) is 2.00. The SMILES string of the molecule is Cl.[CH3][Bi]([CH3])([CH3])[CH3]. The van der Waals surface area contributed by atoms with Gasteiger partial charge in [-0.25, -0.2) is 0 Å². The van der Waals surface area contributed by atoms with Crippen molar-refractivity contribution in [1.29, 1.82) is 0 Å². The molecule has 1 radical (unpaired) electrons. The first kappa shape index (κ1) is 10.2. The third kappa shape index (κ3) is 65.5. The fourth-order valence-electron chi connectivity index (χ4n) is 0. The van der Waals surface area contributed by atoms with E-state index in [1.165, 1.54) is 0 Å². The zero-order chi connectivity index (χ0) is 4.50. The second-order valence-electron chi connectivity index (χ2n) is 2.68. The van der Waals surface area contributed by atoms with E-state index in [1.54, 1.807) is 0 Å². The van der Waals surface area contributed by atoms with Crippen molar-refractivity contribution < 1.29 is 0 Å². The van der Waals surface area contributed by atoms with Crippen molar-refractivity contribution >= 4 is 32.7 Å². The molecule has 0 N–H and O–H groups in total. The molecular weight excluding hydrogens is 292 g/mol. The molecule has 0 unspecified atom stereocenters. The van der Waals surface area contributed by atoms with E-state index in [0.29, 0.717) is 0 Å². The Hall–Kier alpha value is 1.17. The van der Waals surface area contributed by atoms with Gasteiger partial charge >= 0.3 is 38.8 Å². The molecule has 0 aliphatic carbocycles. The molecule has 0 atom stereocenters. The van der Waals surface area contributed by atoms with Gasteiger partial charge < -0.3 is 0 Å². The molecule has 6 heavy (non-hydrogen) atoms. The molecule has 0 aromatic heterocycles. The summed E-state index contributed by atoms with van der Waals surface area (Å²) >= 11 is -1.22. The van der Waals surface area contributed by atoms with Crippen LogP contribution >= 0.6 is 12.4 Å². The van der Waals surface area contributed by atoms with E-state index in [2.05, 4.69) is 18.5 Å². The van der Waals surface area contributed by atoms with Gasteiger partial charge in [-0.2, -0.15) is 0 Å². The van der Waals surface area contributed by atoms with E-state index in [9.17, 15) is 0 Å². The Morgan fingerprint density at radius 1 is 0.833 bits per heavy atom. The zero-order valence-electron chi connectivity index (χ0n) is 4.86. The first-order valence-electron chi connectivity index (χ1n) is 1.79. The van der Waals surface area contributed by atoms with Crippen LogP contribution in [0.25, 0.3) is 0 Å². The molecule has 0 bridgehead atoms. The van der Waals surface area contributed by atoms with Gasteiger partial charge in [0.2, 0.25) is 0 Å². The van der Waals surface area contributed by atoms with Gasteiger partial charge in [0.05, 0.1) is 0 Å². The molecule has 41 valence electrons. The Labute approximate surface area is 51.1 Å². The van der Waals surface area contributed by atoms with Crippen LogP contribution in [0.15, 0.2) is 0 Å². The Kier molecular flexibility index (Phi) is 5.47. The summed E-state index contributed by atoms with van der Waals surface area (Å²) in [5.41, 5.74) is 0. The number of hydrogen-bond donors (Lipinski definition) is 0. The van der Waals surface area contributed by atoms with Crippen LogP contribution in [0.3, 0.4) is 0 Å². The van der Waals surface area contributed by atoms with Crippen molar-refractivity contribution in [3.8, 4) is 0 Å². The maximum absolute atomic E-state index is 2.40. The molecule has 0 aliphatic heterocycles. The van der Waals surface area contributed by atoms with Crippen LogP contribution in [0.5, 0.6) is 0 Å². The average molecular weight is 306 g/mol. The second kappa shape index (κ2) is 3.21. The molecule has 0 aromatic carbocycles. The Balaban J connectivity index is 0. The van der Waals surface area contributed by atoms with Gasteiger partial charge in [0.25, 0.3) is 0 Å². The van der Waals surface area contributed by atoms with Crippen LogP contribution in [0.1, 0.15) is 0 Å². The summed E-state index contributed by atoms with van der Waals surface area (Å²) in [4.78, 5) is 0. The van der Waals surface area contributed by atoms with Crippen LogP contribution in [0.4, 0.5) is 0 Å². The van der Waals surface area contributed by atoms with Crippen LogP contribution in [0, 0.1) is 0 Å². The van der Waals surface area contributed by atoms with Gasteiger partial charge in [0, 0.05) is 0 Å². The summed E-state index contributed by atoms with van der Waals surface area (Å²) < 4.78 is 9.61. The summed E-state index contributed by atoms with van der Waals surface area (Å²) in [5, 5.41) is 0. The molecule has 0 saturated carbocycles. The Bertz CT molecular complexity index is 23.0. The molecule has 0 saturated heterocycles. The molecule has 2 heteroatoms. The molecule has 0 rings (SSSR count). The summed E-state index contributed by atoms with van der Waals surface area (Å²) in [6, 6.07) is 0. The predicted molar refractivity (Wildman–Crippen MR) is 36.5 cm³/mol. The van der Waals surface area contributed by atoms with Crippen molar-refractivity contribution in [2.24, 2.45) is 0 Å². The minimum atomic E-state index is -1.22. The van der Waals surface area contributed by atoms with E-state index < -0.39 is 20.3 Å². The van der Waals surface area contributed by atoms with Crippen LogP contribution in [0.2, 0.25) is 18.5 Å². The molecule has 0 fully saturated rings. The zero-order valence-corrected chi connectivity index (χ0v) is 9.15. The van der Waals surface area contributed by atoms with Crippen molar-refractivity contribution in [2.75, 3.05) is 0 Å².